The largest absolute Gasteiger partial charge is 0.489 e. The summed E-state index contributed by atoms with van der Waals surface area (Å²) in [4.78, 5) is 4.92. The summed E-state index contributed by atoms with van der Waals surface area (Å²) in [5.74, 6) is 3.52. The molecule has 2 heterocycles. The van der Waals surface area contributed by atoms with Crippen molar-refractivity contribution in [1.29, 1.82) is 0 Å². The van der Waals surface area contributed by atoms with E-state index in [-0.39, 0.29) is 0 Å². The molecule has 0 spiro atoms. The highest BCUT2D eigenvalue weighted by Gasteiger charge is 2.39. The number of piperidine rings is 1. The Kier molecular flexibility index (Phi) is 6.65. The van der Waals surface area contributed by atoms with Crippen molar-refractivity contribution in [2.24, 2.45) is 5.92 Å². The zero-order valence-electron chi connectivity index (χ0n) is 19.7. The van der Waals surface area contributed by atoms with Crippen LogP contribution >= 0.6 is 0 Å². The number of nitrogens with zero attached hydrogens (tertiary/aromatic N) is 2. The van der Waals surface area contributed by atoms with Gasteiger partial charge in [0, 0.05) is 25.7 Å². The highest BCUT2D eigenvalue weighted by molar-refractivity contribution is 5.33. The summed E-state index contributed by atoms with van der Waals surface area (Å²) in [6.45, 7) is 6.43. The van der Waals surface area contributed by atoms with Gasteiger partial charge in [0.25, 0.3) is 0 Å². The normalized spacial score (nSPS) is 24.1. The number of benzene rings is 3. The highest BCUT2D eigenvalue weighted by atomic mass is 16.5. The minimum Gasteiger partial charge on any atom is -0.489 e. The van der Waals surface area contributed by atoms with Gasteiger partial charge in [0.15, 0.2) is 0 Å². The molecule has 2 saturated heterocycles. The predicted molar refractivity (Wildman–Crippen MR) is 133 cm³/mol. The third-order valence-electron chi connectivity index (χ3n) is 7.06. The second-order valence-electron chi connectivity index (χ2n) is 9.64. The van der Waals surface area contributed by atoms with Crippen molar-refractivity contribution in [2.45, 2.75) is 45.0 Å². The summed E-state index contributed by atoms with van der Waals surface area (Å²) >= 11 is 0. The molecule has 0 aliphatic carbocycles. The molecule has 5 rings (SSSR count). The fourth-order valence-corrected chi connectivity index (χ4v) is 5.28. The summed E-state index contributed by atoms with van der Waals surface area (Å²) in [5.41, 5.74) is 2.55. The lowest BCUT2D eigenvalue weighted by molar-refractivity contribution is 0.0655. The van der Waals surface area contributed by atoms with Gasteiger partial charge in [-0.05, 0) is 86.8 Å². The summed E-state index contributed by atoms with van der Waals surface area (Å²) in [6, 6.07) is 27.6. The molecule has 3 aromatic carbocycles. The van der Waals surface area contributed by atoms with Crippen LogP contribution in [-0.4, -0.2) is 42.1 Å². The molecule has 0 amide bonds. The van der Waals surface area contributed by atoms with Gasteiger partial charge in [-0.1, -0.05) is 42.5 Å². The van der Waals surface area contributed by atoms with E-state index >= 15 is 0 Å². The number of fused-ring (bicyclic) bond motifs is 2. The molecule has 2 fully saturated rings. The first-order chi connectivity index (χ1) is 16.1. The lowest BCUT2D eigenvalue weighted by Gasteiger charge is -2.35. The number of hydrogen-bond donors (Lipinski definition) is 0. The minimum atomic E-state index is 0.318. The van der Waals surface area contributed by atoms with Gasteiger partial charge in [-0.3, -0.25) is 9.80 Å². The quantitative estimate of drug-likeness (QED) is 0.429. The number of para-hydroxylation sites is 1. The van der Waals surface area contributed by atoms with E-state index in [9.17, 15) is 0 Å². The van der Waals surface area contributed by atoms with Crippen molar-refractivity contribution >= 4 is 0 Å². The summed E-state index contributed by atoms with van der Waals surface area (Å²) in [6.07, 6.45) is 2.83. The van der Waals surface area contributed by atoms with Crippen LogP contribution in [0.5, 0.6) is 17.2 Å². The number of rotatable bonds is 8. The molecule has 0 radical (unpaired) electrons. The van der Waals surface area contributed by atoms with Gasteiger partial charge in [0.2, 0.25) is 0 Å². The van der Waals surface area contributed by atoms with E-state index in [1.807, 2.05) is 42.5 Å². The van der Waals surface area contributed by atoms with Crippen molar-refractivity contribution in [1.82, 2.24) is 9.80 Å². The van der Waals surface area contributed by atoms with E-state index in [2.05, 4.69) is 60.2 Å². The Morgan fingerprint density at radius 2 is 1.58 bits per heavy atom. The zero-order chi connectivity index (χ0) is 22.6. The van der Waals surface area contributed by atoms with Crippen molar-refractivity contribution in [2.75, 3.05) is 20.1 Å². The molecule has 2 aliphatic heterocycles. The molecule has 2 aliphatic rings. The fraction of sp³-hybridized carbons (Fsp3) is 0.379. The van der Waals surface area contributed by atoms with Crippen molar-refractivity contribution < 1.29 is 9.47 Å². The Bertz CT molecular complexity index is 1020. The molecule has 2 bridgehead atoms. The van der Waals surface area contributed by atoms with Crippen LogP contribution in [-0.2, 0) is 13.1 Å². The van der Waals surface area contributed by atoms with E-state index in [0.717, 1.165) is 48.8 Å². The molecule has 4 nitrogen and oxygen atoms in total. The van der Waals surface area contributed by atoms with Crippen molar-refractivity contribution in [3.63, 3.8) is 0 Å². The molecular formula is C29H34N2O2. The first kappa shape index (κ1) is 22.0. The molecule has 0 N–H and O–H groups in total. The lowest BCUT2D eigenvalue weighted by Crippen LogP contribution is -2.44. The fourth-order valence-electron chi connectivity index (χ4n) is 5.28. The van der Waals surface area contributed by atoms with Crippen LogP contribution in [0, 0.1) is 5.92 Å². The Morgan fingerprint density at radius 1 is 0.848 bits per heavy atom. The maximum Gasteiger partial charge on any atom is 0.127 e. The highest BCUT2D eigenvalue weighted by Crippen LogP contribution is 2.34. The van der Waals surface area contributed by atoms with Gasteiger partial charge < -0.3 is 9.47 Å². The Morgan fingerprint density at radius 3 is 2.36 bits per heavy atom. The van der Waals surface area contributed by atoms with Gasteiger partial charge in [-0.15, -0.1) is 0 Å². The molecule has 172 valence electrons. The van der Waals surface area contributed by atoms with Crippen LogP contribution in [0.15, 0.2) is 78.9 Å². The summed E-state index contributed by atoms with van der Waals surface area (Å²) in [7, 11) is 2.16. The Labute approximate surface area is 197 Å². The predicted octanol–water partition coefficient (Wildman–Crippen LogP) is 5.97. The van der Waals surface area contributed by atoms with E-state index < -0.39 is 0 Å². The van der Waals surface area contributed by atoms with E-state index in [1.54, 1.807) is 0 Å². The zero-order valence-corrected chi connectivity index (χ0v) is 19.7. The average molecular weight is 443 g/mol. The maximum atomic E-state index is 6.41. The molecule has 3 aromatic rings. The van der Waals surface area contributed by atoms with Gasteiger partial charge in [0.1, 0.15) is 23.4 Å². The van der Waals surface area contributed by atoms with Gasteiger partial charge in [-0.25, -0.2) is 0 Å². The van der Waals surface area contributed by atoms with Gasteiger partial charge in [0.05, 0.1) is 0 Å². The maximum absolute atomic E-state index is 6.41. The molecule has 1 unspecified atom stereocenters. The van der Waals surface area contributed by atoms with Crippen molar-refractivity contribution in [3.8, 4) is 17.2 Å². The Balaban J connectivity index is 1.14. The topological polar surface area (TPSA) is 24.9 Å². The third kappa shape index (κ3) is 5.58. The lowest BCUT2D eigenvalue weighted by atomic mass is 9.92. The number of ether oxygens (including phenoxy) is 2. The van der Waals surface area contributed by atoms with Crippen LogP contribution in [0.2, 0.25) is 0 Å². The van der Waals surface area contributed by atoms with E-state index in [4.69, 9.17) is 9.47 Å². The SMILES string of the molecule is CC1[C@@H]2CC[N@@]1C[C@H](Oc1cccc(CN(C)Cc3ccc(Oc4ccccc4)cc3)c1)C2. The molecule has 4 atom stereocenters. The molecule has 4 heteroatoms. The van der Waals surface area contributed by atoms with Crippen LogP contribution in [0.1, 0.15) is 30.9 Å². The number of hydrogen-bond acceptors (Lipinski definition) is 4. The van der Waals surface area contributed by atoms with Gasteiger partial charge in [-0.2, -0.15) is 0 Å². The van der Waals surface area contributed by atoms with Crippen LogP contribution in [0.25, 0.3) is 0 Å². The minimum absolute atomic E-state index is 0.318. The summed E-state index contributed by atoms with van der Waals surface area (Å²) in [5, 5.41) is 0. The first-order valence-electron chi connectivity index (χ1n) is 12.1. The average Bonchev–Trinajstić information content (AvgIpc) is 3.02. The second-order valence-corrected chi connectivity index (χ2v) is 9.64. The Hall–Kier alpha value is -2.82. The third-order valence-corrected chi connectivity index (χ3v) is 7.06. The van der Waals surface area contributed by atoms with Crippen LogP contribution in [0.4, 0.5) is 0 Å². The second kappa shape index (κ2) is 9.98. The van der Waals surface area contributed by atoms with Gasteiger partial charge >= 0.3 is 0 Å². The molecule has 0 aromatic heterocycles. The standard InChI is InChI=1S/C29H34N2O2/c1-22-25-15-16-31(22)21-29(18-25)33-28-10-6-7-24(17-28)20-30(2)19-23-11-13-27(14-12-23)32-26-8-4-3-5-9-26/h3-14,17,22,25,29H,15-16,18-21H2,1-2H3/t22?,25-,29-/m1/s1. The van der Waals surface area contributed by atoms with E-state index in [1.165, 1.54) is 30.5 Å². The molecule has 33 heavy (non-hydrogen) atoms. The summed E-state index contributed by atoms with van der Waals surface area (Å²) < 4.78 is 12.3. The van der Waals surface area contributed by atoms with E-state index in [0.29, 0.717) is 6.10 Å². The molecular weight excluding hydrogens is 408 g/mol. The monoisotopic (exact) mass is 442 g/mol. The molecule has 0 saturated carbocycles. The van der Waals surface area contributed by atoms with Crippen LogP contribution in [0.3, 0.4) is 0 Å². The van der Waals surface area contributed by atoms with Crippen LogP contribution < -0.4 is 9.47 Å². The first-order valence-corrected chi connectivity index (χ1v) is 12.1. The smallest absolute Gasteiger partial charge is 0.127 e. The van der Waals surface area contributed by atoms with Crippen molar-refractivity contribution in [3.05, 3.63) is 90.0 Å².